The molecule has 0 N–H and O–H groups in total. The van der Waals surface area contributed by atoms with E-state index in [1.54, 1.807) is 18.2 Å². The lowest BCUT2D eigenvalue weighted by molar-refractivity contribution is -0.790. The zero-order chi connectivity index (χ0) is 16.5. The first-order valence-electron chi connectivity index (χ1n) is 5.91. The van der Waals surface area contributed by atoms with Gasteiger partial charge in [-0.25, -0.2) is 4.39 Å². The van der Waals surface area contributed by atoms with Crippen LogP contribution in [0, 0.1) is 20.2 Å². The second-order valence-electron chi connectivity index (χ2n) is 4.49. The van der Waals surface area contributed by atoms with Crippen LogP contribution in [-0.2, 0) is 0 Å². The summed E-state index contributed by atoms with van der Waals surface area (Å²) in [6.07, 6.45) is 1.68. The van der Waals surface area contributed by atoms with Gasteiger partial charge in [0.2, 0.25) is 0 Å². The molecule has 1 aliphatic rings. The minimum atomic E-state index is -3.47. The Morgan fingerprint density at radius 2 is 1.68 bits per heavy atom. The van der Waals surface area contributed by atoms with E-state index in [1.807, 2.05) is 0 Å². The smallest absolute Gasteiger partial charge is 0.289 e. The van der Waals surface area contributed by atoms with E-state index in [0.29, 0.717) is 12.2 Å². The van der Waals surface area contributed by atoms with Crippen LogP contribution in [0.2, 0.25) is 0 Å². The Kier molecular flexibility index (Phi) is 3.80. The molecule has 1 aromatic rings. The summed E-state index contributed by atoms with van der Waals surface area (Å²) in [6.45, 7) is 0. The average molecular weight is 327 g/mol. The summed E-state index contributed by atoms with van der Waals surface area (Å²) >= 11 is 5.31. The minimum Gasteiger partial charge on any atom is -0.289 e. The number of alkyl halides is 2. The summed E-state index contributed by atoms with van der Waals surface area (Å²) in [6, 6.07) is 7.60. The quantitative estimate of drug-likeness (QED) is 0.278. The van der Waals surface area contributed by atoms with Crippen LogP contribution in [0.15, 0.2) is 54.1 Å². The van der Waals surface area contributed by atoms with Crippen LogP contribution in [0.4, 0.5) is 4.39 Å². The van der Waals surface area contributed by atoms with Gasteiger partial charge in [-0.15, -0.1) is 0 Å². The molecule has 0 heterocycles. The van der Waals surface area contributed by atoms with E-state index in [9.17, 15) is 29.4 Å². The summed E-state index contributed by atoms with van der Waals surface area (Å²) in [5.41, 5.74) is -3.70. The lowest BCUT2D eigenvalue weighted by Crippen LogP contribution is -2.58. The summed E-state index contributed by atoms with van der Waals surface area (Å²) in [5.74, 6) is -0.711. The number of halogens is 2. The van der Waals surface area contributed by atoms with E-state index in [0.717, 1.165) is 6.08 Å². The number of ketones is 1. The maximum Gasteiger partial charge on any atom is 0.528 e. The third kappa shape index (κ3) is 2.27. The number of Topliss-reactive ketones (excluding diaryl/α,β-unsaturated/α-hetero) is 1. The molecule has 1 aromatic carbocycles. The van der Waals surface area contributed by atoms with Gasteiger partial charge in [-0.05, 0) is 12.2 Å². The predicted octanol–water partition coefficient (Wildman–Crippen LogP) is 2.52. The zero-order valence-corrected chi connectivity index (χ0v) is 11.6. The number of carbonyl (C=O) groups excluding carboxylic acids is 1. The summed E-state index contributed by atoms with van der Waals surface area (Å²) in [5, 5.41) is 18.8. The molecule has 1 atom stereocenters. The van der Waals surface area contributed by atoms with Crippen molar-refractivity contribution in [2.75, 3.05) is 0 Å². The Morgan fingerprint density at radius 3 is 2.18 bits per heavy atom. The first kappa shape index (κ1) is 15.8. The molecule has 1 unspecified atom stereocenters. The van der Waals surface area contributed by atoms with Crippen LogP contribution in [-0.4, -0.2) is 26.4 Å². The van der Waals surface area contributed by atoms with Gasteiger partial charge in [0.25, 0.3) is 0 Å². The van der Waals surface area contributed by atoms with Crippen molar-refractivity contribution in [1.29, 1.82) is 0 Å². The molecule has 0 saturated heterocycles. The van der Waals surface area contributed by atoms with Crippen molar-refractivity contribution in [1.82, 2.24) is 0 Å². The molecule has 22 heavy (non-hydrogen) atoms. The highest BCUT2D eigenvalue weighted by atomic mass is 35.5. The molecule has 1 aliphatic carbocycles. The molecule has 0 aromatic heterocycles. The Labute approximate surface area is 128 Å². The number of benzene rings is 1. The molecule has 114 valence electrons. The first-order valence-corrected chi connectivity index (χ1v) is 6.29. The molecular formula is C13H8ClFN2O5. The molecular weight excluding hydrogens is 319 g/mol. The second kappa shape index (κ2) is 5.30. The van der Waals surface area contributed by atoms with E-state index in [4.69, 9.17) is 11.6 Å². The fourth-order valence-corrected chi connectivity index (χ4v) is 2.25. The van der Waals surface area contributed by atoms with Gasteiger partial charge in [-0.3, -0.25) is 25.0 Å². The van der Waals surface area contributed by atoms with Crippen molar-refractivity contribution in [2.24, 2.45) is 0 Å². The SMILES string of the molecule is O=C(C1=CC([N+](=O)[O-])([N+](=O)[O-])C(F)(Cl)C=C1)c1ccccc1. The summed E-state index contributed by atoms with van der Waals surface area (Å²) < 4.78 is 14.2. The van der Waals surface area contributed by atoms with Gasteiger partial charge >= 0.3 is 10.8 Å². The van der Waals surface area contributed by atoms with E-state index in [2.05, 4.69) is 0 Å². The van der Waals surface area contributed by atoms with Gasteiger partial charge in [0.05, 0.1) is 6.08 Å². The summed E-state index contributed by atoms with van der Waals surface area (Å²) in [7, 11) is 0. The Balaban J connectivity index is 2.58. The van der Waals surface area contributed by atoms with Crippen LogP contribution >= 0.6 is 11.6 Å². The van der Waals surface area contributed by atoms with Crippen LogP contribution in [0.25, 0.3) is 0 Å². The first-order chi connectivity index (χ1) is 10.2. The topological polar surface area (TPSA) is 103 Å². The molecule has 0 aliphatic heterocycles. The van der Waals surface area contributed by atoms with Crippen molar-refractivity contribution < 1.29 is 19.0 Å². The standard InChI is InChI=1S/C13H8ClFN2O5/c14-12(15)7-6-10(8-13(12,16(19)20)17(21)22)11(18)9-4-2-1-3-5-9/h1-8H. The van der Waals surface area contributed by atoms with Crippen LogP contribution in [0.1, 0.15) is 10.4 Å². The van der Waals surface area contributed by atoms with Gasteiger partial charge in [-0.2, -0.15) is 0 Å². The number of hydrogen-bond donors (Lipinski definition) is 0. The second-order valence-corrected chi connectivity index (χ2v) is 5.04. The predicted molar refractivity (Wildman–Crippen MR) is 74.4 cm³/mol. The molecule has 9 heteroatoms. The third-order valence-electron chi connectivity index (χ3n) is 3.17. The van der Waals surface area contributed by atoms with Gasteiger partial charge in [0, 0.05) is 11.1 Å². The van der Waals surface area contributed by atoms with Crippen LogP contribution in [0.3, 0.4) is 0 Å². The fourth-order valence-electron chi connectivity index (χ4n) is 1.99. The van der Waals surface area contributed by atoms with E-state index < -0.39 is 26.4 Å². The average Bonchev–Trinajstić information content (AvgIpc) is 2.46. The number of hydrogen-bond acceptors (Lipinski definition) is 5. The lowest BCUT2D eigenvalue weighted by Gasteiger charge is -2.24. The van der Waals surface area contributed by atoms with E-state index >= 15 is 0 Å². The van der Waals surface area contributed by atoms with Crippen molar-refractivity contribution in [3.63, 3.8) is 0 Å². The van der Waals surface area contributed by atoms with Crippen LogP contribution < -0.4 is 0 Å². The number of nitrogens with zero attached hydrogens (tertiary/aromatic N) is 2. The molecule has 0 spiro atoms. The van der Waals surface area contributed by atoms with Gasteiger partial charge < -0.3 is 0 Å². The van der Waals surface area contributed by atoms with E-state index in [1.165, 1.54) is 12.1 Å². The van der Waals surface area contributed by atoms with Gasteiger partial charge in [-0.1, -0.05) is 41.9 Å². The largest absolute Gasteiger partial charge is 0.528 e. The zero-order valence-electron chi connectivity index (χ0n) is 10.8. The van der Waals surface area contributed by atoms with Crippen LogP contribution in [0.5, 0.6) is 0 Å². The number of carbonyl (C=O) groups is 1. The molecule has 7 nitrogen and oxygen atoms in total. The lowest BCUT2D eigenvalue weighted by atomic mass is 9.91. The third-order valence-corrected chi connectivity index (χ3v) is 3.58. The molecule has 0 bridgehead atoms. The number of nitro groups is 2. The van der Waals surface area contributed by atoms with Crippen molar-refractivity contribution >= 4 is 17.4 Å². The van der Waals surface area contributed by atoms with Gasteiger partial charge in [0.15, 0.2) is 5.78 Å². The maximum absolute atomic E-state index is 14.2. The Hall–Kier alpha value is -2.61. The highest BCUT2D eigenvalue weighted by molar-refractivity contribution is 6.25. The number of allylic oxidation sites excluding steroid dienone is 2. The monoisotopic (exact) mass is 326 g/mol. The van der Waals surface area contributed by atoms with E-state index in [-0.39, 0.29) is 11.1 Å². The number of rotatable bonds is 4. The minimum absolute atomic E-state index is 0.153. The molecule has 0 amide bonds. The van der Waals surface area contributed by atoms with Crippen molar-refractivity contribution in [3.8, 4) is 0 Å². The maximum atomic E-state index is 14.2. The molecule has 0 saturated carbocycles. The Morgan fingerprint density at radius 1 is 1.14 bits per heavy atom. The normalized spacial score (nSPS) is 22.7. The van der Waals surface area contributed by atoms with Crippen molar-refractivity contribution in [2.45, 2.75) is 10.8 Å². The van der Waals surface area contributed by atoms with Gasteiger partial charge in [0.1, 0.15) is 9.85 Å². The molecule has 0 radical (unpaired) electrons. The molecule has 2 rings (SSSR count). The summed E-state index contributed by atoms with van der Waals surface area (Å²) in [4.78, 5) is 31.5. The molecule has 0 fully saturated rings. The highest BCUT2D eigenvalue weighted by Crippen LogP contribution is 2.41. The fraction of sp³-hybridized carbons (Fsp3) is 0.154. The highest BCUT2D eigenvalue weighted by Gasteiger charge is 2.72. The Bertz CT molecular complexity index is 700. The van der Waals surface area contributed by atoms with Crippen molar-refractivity contribution in [3.05, 3.63) is 79.9 Å².